The van der Waals surface area contributed by atoms with Crippen molar-refractivity contribution in [3.8, 4) is 11.4 Å². The van der Waals surface area contributed by atoms with Gasteiger partial charge in [-0.15, -0.1) is 0 Å². The second kappa shape index (κ2) is 4.89. The molecule has 0 fully saturated rings. The van der Waals surface area contributed by atoms with Gasteiger partial charge in [-0.2, -0.15) is 0 Å². The van der Waals surface area contributed by atoms with Crippen LogP contribution in [0, 0.1) is 17.0 Å². The van der Waals surface area contributed by atoms with Gasteiger partial charge in [-0.1, -0.05) is 12.1 Å². The normalized spacial score (nSPS) is 10.4. The number of hydrogen-bond donors (Lipinski definition) is 2. The fraction of sp³-hybridized carbons (Fsp3) is 0.167. The van der Waals surface area contributed by atoms with Gasteiger partial charge in [-0.25, -0.2) is 4.98 Å². The molecule has 1 aromatic carbocycles. The molecule has 3 N–H and O–H groups in total. The molecule has 2 aromatic rings. The molecule has 98 valence electrons. The van der Waals surface area contributed by atoms with Crippen LogP contribution in [0.15, 0.2) is 24.3 Å². The van der Waals surface area contributed by atoms with Gasteiger partial charge < -0.3 is 10.7 Å². The first-order chi connectivity index (χ1) is 8.97. The third-order valence-electron chi connectivity index (χ3n) is 2.66. The van der Waals surface area contributed by atoms with Crippen molar-refractivity contribution in [1.29, 1.82) is 0 Å². The van der Waals surface area contributed by atoms with Gasteiger partial charge in [0.15, 0.2) is 0 Å². The Kier molecular flexibility index (Phi) is 3.28. The predicted molar refractivity (Wildman–Crippen MR) is 68.3 cm³/mol. The number of nitrogens with one attached hydrogen (secondary N) is 1. The highest BCUT2D eigenvalue weighted by Crippen LogP contribution is 2.22. The zero-order chi connectivity index (χ0) is 14.0. The van der Waals surface area contributed by atoms with Gasteiger partial charge in [0.05, 0.1) is 17.0 Å². The number of H-pyrrole nitrogens is 1. The van der Waals surface area contributed by atoms with Gasteiger partial charge in [0.25, 0.3) is 5.69 Å². The van der Waals surface area contributed by atoms with E-state index in [1.165, 1.54) is 12.1 Å². The highest BCUT2D eigenvalue weighted by atomic mass is 16.6. The Hall–Kier alpha value is -2.70. The van der Waals surface area contributed by atoms with E-state index in [0.29, 0.717) is 17.1 Å². The largest absolute Gasteiger partial charge is 0.369 e. The number of hydrogen-bond acceptors (Lipinski definition) is 4. The Morgan fingerprint density at radius 2 is 2.26 bits per heavy atom. The third kappa shape index (κ3) is 2.76. The minimum atomic E-state index is -0.472. The first-order valence-electron chi connectivity index (χ1n) is 5.56. The van der Waals surface area contributed by atoms with Crippen molar-refractivity contribution in [3.63, 3.8) is 0 Å². The number of nitrogens with zero attached hydrogens (tertiary/aromatic N) is 2. The highest BCUT2D eigenvalue weighted by Gasteiger charge is 2.13. The number of aryl methyl sites for hydroxylation is 1. The molecule has 0 unspecified atom stereocenters. The van der Waals surface area contributed by atoms with Gasteiger partial charge in [-0.3, -0.25) is 14.9 Å². The maximum atomic E-state index is 10.9. The van der Waals surface area contributed by atoms with E-state index in [-0.39, 0.29) is 12.1 Å². The monoisotopic (exact) mass is 260 g/mol. The smallest absolute Gasteiger partial charge is 0.270 e. The van der Waals surface area contributed by atoms with Crippen molar-refractivity contribution in [2.75, 3.05) is 0 Å². The quantitative estimate of drug-likeness (QED) is 0.637. The SMILES string of the molecule is Cc1[nH]c(-c2cccc([N+](=O)[O-])c2)nc1CC(N)=O. The molecule has 0 atom stereocenters. The number of imidazole rings is 1. The number of carbonyl (C=O) groups is 1. The summed E-state index contributed by atoms with van der Waals surface area (Å²) in [4.78, 5) is 28.4. The maximum Gasteiger partial charge on any atom is 0.270 e. The molecule has 0 aliphatic rings. The minimum Gasteiger partial charge on any atom is -0.369 e. The van der Waals surface area contributed by atoms with Crippen LogP contribution >= 0.6 is 0 Å². The summed E-state index contributed by atoms with van der Waals surface area (Å²) in [6, 6.07) is 6.12. The third-order valence-corrected chi connectivity index (χ3v) is 2.66. The lowest BCUT2D eigenvalue weighted by Crippen LogP contribution is -2.14. The molecule has 19 heavy (non-hydrogen) atoms. The van der Waals surface area contributed by atoms with Gasteiger partial charge in [0.2, 0.25) is 5.91 Å². The topological polar surface area (TPSA) is 115 Å². The van der Waals surface area contributed by atoms with Gasteiger partial charge in [-0.05, 0) is 6.92 Å². The van der Waals surface area contributed by atoms with E-state index in [4.69, 9.17) is 5.73 Å². The molecular weight excluding hydrogens is 248 g/mol. The minimum absolute atomic E-state index is 0.0111. The first-order valence-corrected chi connectivity index (χ1v) is 5.56. The second-order valence-electron chi connectivity index (χ2n) is 4.11. The van der Waals surface area contributed by atoms with Crippen molar-refractivity contribution in [2.45, 2.75) is 13.3 Å². The summed E-state index contributed by atoms with van der Waals surface area (Å²) in [7, 11) is 0. The van der Waals surface area contributed by atoms with E-state index in [9.17, 15) is 14.9 Å². The van der Waals surface area contributed by atoms with Gasteiger partial charge in [0, 0.05) is 23.4 Å². The molecule has 0 saturated heterocycles. The predicted octanol–water partition coefficient (Wildman–Crippen LogP) is 1.32. The summed E-state index contributed by atoms with van der Waals surface area (Å²) >= 11 is 0. The van der Waals surface area contributed by atoms with Crippen LogP contribution in [-0.4, -0.2) is 20.8 Å². The molecular formula is C12H12N4O3. The first kappa shape index (κ1) is 12.7. The average Bonchev–Trinajstić information content (AvgIpc) is 2.70. The number of non-ortho nitro benzene ring substituents is 1. The molecule has 1 heterocycles. The number of benzene rings is 1. The lowest BCUT2D eigenvalue weighted by molar-refractivity contribution is -0.384. The Bertz CT molecular complexity index is 648. The van der Waals surface area contributed by atoms with E-state index in [0.717, 1.165) is 5.69 Å². The summed E-state index contributed by atoms with van der Waals surface area (Å²) in [5, 5.41) is 10.7. The molecule has 0 spiro atoms. The van der Waals surface area contributed by atoms with Gasteiger partial charge >= 0.3 is 0 Å². The van der Waals surface area contributed by atoms with E-state index in [2.05, 4.69) is 9.97 Å². The fourth-order valence-electron chi connectivity index (χ4n) is 1.74. The zero-order valence-corrected chi connectivity index (χ0v) is 10.2. The molecule has 0 aliphatic heterocycles. The highest BCUT2D eigenvalue weighted by molar-refractivity contribution is 5.76. The summed E-state index contributed by atoms with van der Waals surface area (Å²) in [6.45, 7) is 1.77. The van der Waals surface area contributed by atoms with Crippen molar-refractivity contribution >= 4 is 11.6 Å². The number of nitro benzene ring substituents is 1. The standard InChI is InChI=1S/C12H12N4O3/c1-7-10(6-11(13)17)15-12(14-7)8-3-2-4-9(5-8)16(18)19/h2-5H,6H2,1H3,(H2,13,17)(H,14,15). The Balaban J connectivity index is 2.39. The molecule has 0 saturated carbocycles. The Morgan fingerprint density at radius 1 is 1.53 bits per heavy atom. The summed E-state index contributed by atoms with van der Waals surface area (Å²) in [5.74, 6) is 0.0117. The van der Waals surface area contributed by atoms with Crippen molar-refractivity contribution in [1.82, 2.24) is 9.97 Å². The fourth-order valence-corrected chi connectivity index (χ4v) is 1.74. The van der Waals surface area contributed by atoms with Crippen LogP contribution in [0.25, 0.3) is 11.4 Å². The van der Waals surface area contributed by atoms with Crippen molar-refractivity contribution in [2.24, 2.45) is 5.73 Å². The molecule has 1 amide bonds. The molecule has 1 aromatic heterocycles. The Labute approximate surface area is 108 Å². The molecule has 0 bridgehead atoms. The van der Waals surface area contributed by atoms with Crippen LogP contribution < -0.4 is 5.73 Å². The molecule has 0 radical (unpaired) electrons. The number of aromatic nitrogens is 2. The van der Waals surface area contributed by atoms with Crippen LogP contribution in [-0.2, 0) is 11.2 Å². The van der Waals surface area contributed by atoms with E-state index in [1.54, 1.807) is 19.1 Å². The lowest BCUT2D eigenvalue weighted by atomic mass is 10.2. The van der Waals surface area contributed by atoms with Crippen LogP contribution in [0.3, 0.4) is 0 Å². The Morgan fingerprint density at radius 3 is 2.89 bits per heavy atom. The maximum absolute atomic E-state index is 10.9. The average molecular weight is 260 g/mol. The lowest BCUT2D eigenvalue weighted by Gasteiger charge is -1.96. The molecule has 7 nitrogen and oxygen atoms in total. The van der Waals surface area contributed by atoms with Crippen molar-refractivity contribution < 1.29 is 9.72 Å². The van der Waals surface area contributed by atoms with Gasteiger partial charge in [0.1, 0.15) is 5.82 Å². The number of aromatic amines is 1. The van der Waals surface area contributed by atoms with Crippen LogP contribution in [0.5, 0.6) is 0 Å². The summed E-state index contributed by atoms with van der Waals surface area (Å²) in [6.07, 6.45) is 0.0389. The molecule has 7 heteroatoms. The summed E-state index contributed by atoms with van der Waals surface area (Å²) < 4.78 is 0. The van der Waals surface area contributed by atoms with Crippen LogP contribution in [0.2, 0.25) is 0 Å². The number of carbonyl (C=O) groups excluding carboxylic acids is 1. The van der Waals surface area contributed by atoms with Crippen LogP contribution in [0.4, 0.5) is 5.69 Å². The number of primary amides is 1. The van der Waals surface area contributed by atoms with Crippen LogP contribution in [0.1, 0.15) is 11.4 Å². The zero-order valence-electron chi connectivity index (χ0n) is 10.2. The number of nitro groups is 1. The van der Waals surface area contributed by atoms with E-state index >= 15 is 0 Å². The second-order valence-corrected chi connectivity index (χ2v) is 4.11. The van der Waals surface area contributed by atoms with Crippen molar-refractivity contribution in [3.05, 3.63) is 45.8 Å². The summed E-state index contributed by atoms with van der Waals surface area (Å²) in [5.41, 5.74) is 6.98. The van der Waals surface area contributed by atoms with E-state index < -0.39 is 10.8 Å². The van der Waals surface area contributed by atoms with E-state index in [1.807, 2.05) is 0 Å². The molecule has 2 rings (SSSR count). The number of nitrogens with two attached hydrogens (primary N) is 1. The number of rotatable bonds is 4. The molecule has 0 aliphatic carbocycles. The number of amides is 1.